The molecule has 2 aromatic heterocycles. The predicted octanol–water partition coefficient (Wildman–Crippen LogP) is 2.26. The monoisotopic (exact) mass is 365 g/mol. The standard InChI is InChI=1S/C19H23N7O/c1-13-10-14(2)26(23-13)17-5-3-4-15(11-17)21-19(27)18-12-25(24-22-18)16-6-8-20-9-7-16/h3-5,10-12,16,20H,6-9H2,1-2H3,(H,21,27). The molecule has 1 saturated heterocycles. The van der Waals surface area contributed by atoms with Crippen molar-refractivity contribution in [1.82, 2.24) is 30.1 Å². The number of aromatic nitrogens is 5. The molecule has 2 N–H and O–H groups in total. The summed E-state index contributed by atoms with van der Waals surface area (Å²) in [5, 5.41) is 18.9. The Morgan fingerprint density at radius 3 is 2.78 bits per heavy atom. The minimum absolute atomic E-state index is 0.263. The average Bonchev–Trinajstić information content (AvgIpc) is 3.29. The third kappa shape index (κ3) is 3.75. The smallest absolute Gasteiger partial charge is 0.277 e. The van der Waals surface area contributed by atoms with E-state index >= 15 is 0 Å². The minimum Gasteiger partial charge on any atom is -0.320 e. The Hall–Kier alpha value is -3.00. The number of nitrogens with one attached hydrogen (secondary N) is 2. The Labute approximate surface area is 157 Å². The lowest BCUT2D eigenvalue weighted by Gasteiger charge is -2.22. The van der Waals surface area contributed by atoms with Crippen LogP contribution in [0.3, 0.4) is 0 Å². The van der Waals surface area contributed by atoms with Crippen LogP contribution < -0.4 is 10.6 Å². The van der Waals surface area contributed by atoms with Crippen LogP contribution in [0.4, 0.5) is 5.69 Å². The van der Waals surface area contributed by atoms with E-state index in [1.807, 2.05) is 53.5 Å². The summed E-state index contributed by atoms with van der Waals surface area (Å²) in [6, 6.07) is 9.92. The molecule has 0 atom stereocenters. The van der Waals surface area contributed by atoms with Crippen LogP contribution in [0.5, 0.6) is 0 Å². The molecule has 140 valence electrons. The highest BCUT2D eigenvalue weighted by Gasteiger charge is 2.19. The van der Waals surface area contributed by atoms with Gasteiger partial charge < -0.3 is 10.6 Å². The van der Waals surface area contributed by atoms with E-state index in [1.54, 1.807) is 6.20 Å². The number of benzene rings is 1. The fourth-order valence-electron chi connectivity index (χ4n) is 3.43. The van der Waals surface area contributed by atoms with E-state index in [4.69, 9.17) is 0 Å². The second kappa shape index (κ2) is 7.32. The van der Waals surface area contributed by atoms with E-state index in [0.717, 1.165) is 43.0 Å². The molecule has 1 aromatic carbocycles. The maximum Gasteiger partial charge on any atom is 0.277 e. The molecule has 0 aliphatic carbocycles. The molecule has 3 heterocycles. The number of hydrogen-bond donors (Lipinski definition) is 2. The van der Waals surface area contributed by atoms with Crippen LogP contribution >= 0.6 is 0 Å². The van der Waals surface area contributed by atoms with E-state index in [0.29, 0.717) is 17.4 Å². The Bertz CT molecular complexity index is 953. The summed E-state index contributed by atoms with van der Waals surface area (Å²) < 4.78 is 3.67. The van der Waals surface area contributed by atoms with Gasteiger partial charge in [-0.05, 0) is 64.0 Å². The average molecular weight is 365 g/mol. The van der Waals surface area contributed by atoms with Crippen molar-refractivity contribution in [2.75, 3.05) is 18.4 Å². The lowest BCUT2D eigenvalue weighted by atomic mass is 10.1. The van der Waals surface area contributed by atoms with Gasteiger partial charge in [-0.1, -0.05) is 11.3 Å². The van der Waals surface area contributed by atoms with E-state index in [9.17, 15) is 4.79 Å². The van der Waals surface area contributed by atoms with Gasteiger partial charge in [0.25, 0.3) is 5.91 Å². The van der Waals surface area contributed by atoms with Crippen LogP contribution in [0.2, 0.25) is 0 Å². The van der Waals surface area contributed by atoms with Crippen LogP contribution in [0.1, 0.15) is 40.8 Å². The van der Waals surface area contributed by atoms with Gasteiger partial charge in [-0.2, -0.15) is 5.10 Å². The molecule has 8 heteroatoms. The first-order valence-corrected chi connectivity index (χ1v) is 9.18. The third-order valence-electron chi connectivity index (χ3n) is 4.78. The lowest BCUT2D eigenvalue weighted by Crippen LogP contribution is -2.29. The molecule has 8 nitrogen and oxygen atoms in total. The molecule has 1 aliphatic heterocycles. The predicted molar refractivity (Wildman–Crippen MR) is 102 cm³/mol. The summed E-state index contributed by atoms with van der Waals surface area (Å²) in [5.41, 5.74) is 3.92. The SMILES string of the molecule is Cc1cc(C)n(-c2cccc(NC(=O)c3cn(C4CCNCC4)nn3)c2)n1. The number of nitrogens with zero attached hydrogens (tertiary/aromatic N) is 5. The molecule has 0 saturated carbocycles. The first-order chi connectivity index (χ1) is 13.1. The van der Waals surface area contributed by atoms with Crippen molar-refractivity contribution in [3.05, 3.63) is 53.6 Å². The lowest BCUT2D eigenvalue weighted by molar-refractivity contribution is 0.102. The van der Waals surface area contributed by atoms with Crippen LogP contribution in [0.15, 0.2) is 36.5 Å². The Morgan fingerprint density at radius 2 is 2.04 bits per heavy atom. The number of piperidine rings is 1. The zero-order valence-electron chi connectivity index (χ0n) is 15.5. The maximum absolute atomic E-state index is 12.6. The minimum atomic E-state index is -0.263. The number of anilines is 1. The molecule has 0 bridgehead atoms. The first-order valence-electron chi connectivity index (χ1n) is 9.18. The molecule has 3 aromatic rings. The van der Waals surface area contributed by atoms with Crippen molar-refractivity contribution in [2.45, 2.75) is 32.7 Å². The van der Waals surface area contributed by atoms with Gasteiger partial charge in [-0.3, -0.25) is 4.79 Å². The molecule has 1 amide bonds. The summed E-state index contributed by atoms with van der Waals surface area (Å²) in [5.74, 6) is -0.263. The van der Waals surface area contributed by atoms with Crippen LogP contribution in [0.25, 0.3) is 5.69 Å². The summed E-state index contributed by atoms with van der Waals surface area (Å²) in [6.07, 6.45) is 3.72. The topological polar surface area (TPSA) is 89.7 Å². The quantitative estimate of drug-likeness (QED) is 0.740. The normalized spacial score (nSPS) is 15.0. The van der Waals surface area contributed by atoms with Gasteiger partial charge in [-0.15, -0.1) is 5.10 Å². The number of amides is 1. The van der Waals surface area contributed by atoms with Gasteiger partial charge in [0.15, 0.2) is 5.69 Å². The van der Waals surface area contributed by atoms with Gasteiger partial charge in [0.2, 0.25) is 0 Å². The number of carbonyl (C=O) groups is 1. The highest BCUT2D eigenvalue weighted by Crippen LogP contribution is 2.19. The number of aryl methyl sites for hydroxylation is 2. The van der Waals surface area contributed by atoms with Crippen molar-refractivity contribution in [2.24, 2.45) is 0 Å². The fourth-order valence-corrected chi connectivity index (χ4v) is 3.43. The third-order valence-corrected chi connectivity index (χ3v) is 4.78. The molecule has 4 rings (SSSR count). The van der Waals surface area contributed by atoms with Gasteiger partial charge >= 0.3 is 0 Å². The van der Waals surface area contributed by atoms with Gasteiger partial charge in [0.1, 0.15) is 0 Å². The molecule has 0 spiro atoms. The Balaban J connectivity index is 1.49. The Morgan fingerprint density at radius 1 is 1.22 bits per heavy atom. The van der Waals surface area contributed by atoms with E-state index in [-0.39, 0.29) is 5.91 Å². The van der Waals surface area contributed by atoms with Crippen molar-refractivity contribution in [3.8, 4) is 5.69 Å². The first kappa shape index (κ1) is 17.4. The van der Waals surface area contributed by atoms with Gasteiger partial charge in [0, 0.05) is 11.4 Å². The number of hydrogen-bond acceptors (Lipinski definition) is 5. The molecule has 1 fully saturated rings. The zero-order valence-corrected chi connectivity index (χ0v) is 15.5. The van der Waals surface area contributed by atoms with E-state index < -0.39 is 0 Å². The highest BCUT2D eigenvalue weighted by molar-refractivity contribution is 6.02. The van der Waals surface area contributed by atoms with Crippen molar-refractivity contribution in [1.29, 1.82) is 0 Å². The molecule has 27 heavy (non-hydrogen) atoms. The van der Waals surface area contributed by atoms with Gasteiger partial charge in [-0.25, -0.2) is 9.36 Å². The molecule has 0 unspecified atom stereocenters. The largest absolute Gasteiger partial charge is 0.320 e. The van der Waals surface area contributed by atoms with Gasteiger partial charge in [0.05, 0.1) is 23.6 Å². The number of carbonyl (C=O) groups excluding carboxylic acids is 1. The molecule has 1 aliphatic rings. The summed E-state index contributed by atoms with van der Waals surface area (Å²) >= 11 is 0. The maximum atomic E-state index is 12.6. The summed E-state index contributed by atoms with van der Waals surface area (Å²) in [4.78, 5) is 12.6. The van der Waals surface area contributed by atoms with Crippen molar-refractivity contribution >= 4 is 11.6 Å². The van der Waals surface area contributed by atoms with E-state index in [2.05, 4.69) is 26.0 Å². The fraction of sp³-hybridized carbons (Fsp3) is 0.368. The highest BCUT2D eigenvalue weighted by atomic mass is 16.2. The number of rotatable bonds is 4. The molecular formula is C19H23N7O. The molecular weight excluding hydrogens is 342 g/mol. The van der Waals surface area contributed by atoms with Crippen LogP contribution in [0, 0.1) is 13.8 Å². The Kier molecular flexibility index (Phi) is 4.72. The zero-order chi connectivity index (χ0) is 18.8. The van der Waals surface area contributed by atoms with Crippen LogP contribution in [-0.2, 0) is 0 Å². The van der Waals surface area contributed by atoms with E-state index in [1.165, 1.54) is 0 Å². The second-order valence-corrected chi connectivity index (χ2v) is 6.91. The van der Waals surface area contributed by atoms with Crippen LogP contribution in [-0.4, -0.2) is 43.8 Å². The second-order valence-electron chi connectivity index (χ2n) is 6.91. The van der Waals surface area contributed by atoms with Crippen molar-refractivity contribution in [3.63, 3.8) is 0 Å². The van der Waals surface area contributed by atoms with Crippen molar-refractivity contribution < 1.29 is 4.79 Å². The molecule has 0 radical (unpaired) electrons. The summed E-state index contributed by atoms with van der Waals surface area (Å²) in [6.45, 7) is 5.89. The summed E-state index contributed by atoms with van der Waals surface area (Å²) in [7, 11) is 0.